The Kier molecular flexibility index (Phi) is 5.47. The van der Waals surface area contributed by atoms with Crippen LogP contribution < -0.4 is 5.32 Å². The molecule has 0 aliphatic heterocycles. The van der Waals surface area contributed by atoms with Gasteiger partial charge in [-0.3, -0.25) is 9.78 Å². The predicted octanol–water partition coefficient (Wildman–Crippen LogP) is 2.63. The van der Waals surface area contributed by atoms with E-state index < -0.39 is 0 Å². The zero-order chi connectivity index (χ0) is 17.6. The summed E-state index contributed by atoms with van der Waals surface area (Å²) in [5, 5.41) is 5.00. The third-order valence-corrected chi connectivity index (χ3v) is 4.76. The lowest BCUT2D eigenvalue weighted by atomic mass is 10.2. The number of amides is 1. The number of hydrogen-bond donors (Lipinski definition) is 1. The second-order valence-corrected chi connectivity index (χ2v) is 6.72. The summed E-state index contributed by atoms with van der Waals surface area (Å²) in [4.78, 5) is 28.2. The van der Waals surface area contributed by atoms with Gasteiger partial charge in [-0.1, -0.05) is 6.07 Å². The van der Waals surface area contributed by atoms with E-state index in [4.69, 9.17) is 0 Å². The van der Waals surface area contributed by atoms with Crippen LogP contribution >= 0.6 is 11.3 Å². The Hall–Kier alpha value is -2.64. The molecule has 0 saturated carbocycles. The van der Waals surface area contributed by atoms with Crippen LogP contribution in [0.15, 0.2) is 54.4 Å². The maximum Gasteiger partial charge on any atom is 0.254 e. The molecule has 25 heavy (non-hydrogen) atoms. The first-order chi connectivity index (χ1) is 12.1. The maximum absolute atomic E-state index is 12.4. The van der Waals surface area contributed by atoms with Gasteiger partial charge in [0.25, 0.3) is 5.91 Å². The summed E-state index contributed by atoms with van der Waals surface area (Å²) in [7, 11) is 4.00. The monoisotopic (exact) mass is 353 g/mol. The summed E-state index contributed by atoms with van der Waals surface area (Å²) in [5.41, 5.74) is 1.26. The molecule has 0 aliphatic carbocycles. The van der Waals surface area contributed by atoms with Crippen molar-refractivity contribution in [1.82, 2.24) is 25.2 Å². The molecule has 0 unspecified atom stereocenters. The number of nitrogens with zero attached hydrogens (tertiary/aromatic N) is 4. The predicted molar refractivity (Wildman–Crippen MR) is 98.3 cm³/mol. The van der Waals surface area contributed by atoms with E-state index in [0.717, 1.165) is 5.56 Å². The minimum atomic E-state index is -0.179. The van der Waals surface area contributed by atoms with Gasteiger partial charge in [0, 0.05) is 41.8 Å². The van der Waals surface area contributed by atoms with Crippen molar-refractivity contribution in [2.75, 3.05) is 20.6 Å². The van der Waals surface area contributed by atoms with E-state index in [-0.39, 0.29) is 11.9 Å². The number of hydrogen-bond acceptors (Lipinski definition) is 6. The van der Waals surface area contributed by atoms with Gasteiger partial charge in [-0.2, -0.15) is 0 Å². The Balaban J connectivity index is 1.65. The summed E-state index contributed by atoms with van der Waals surface area (Å²) in [6.45, 7) is 0.525. The van der Waals surface area contributed by atoms with Crippen LogP contribution in [0.2, 0.25) is 0 Å². The lowest BCUT2D eigenvalue weighted by molar-refractivity contribution is 0.0941. The number of carbonyl (C=O) groups excluding carboxylic acids is 1. The lowest BCUT2D eigenvalue weighted by Gasteiger charge is -2.23. The van der Waals surface area contributed by atoms with Gasteiger partial charge in [0.2, 0.25) is 0 Å². The van der Waals surface area contributed by atoms with Crippen molar-refractivity contribution in [2.24, 2.45) is 0 Å². The highest BCUT2D eigenvalue weighted by Crippen LogP contribution is 2.22. The first kappa shape index (κ1) is 17.2. The summed E-state index contributed by atoms with van der Waals surface area (Å²) in [6.07, 6.45) is 6.47. The number of pyridine rings is 1. The van der Waals surface area contributed by atoms with E-state index in [1.165, 1.54) is 4.88 Å². The number of aromatic nitrogens is 3. The van der Waals surface area contributed by atoms with Crippen LogP contribution in [-0.2, 0) is 0 Å². The second-order valence-electron chi connectivity index (χ2n) is 5.74. The molecule has 6 nitrogen and oxygen atoms in total. The minimum absolute atomic E-state index is 0.138. The molecule has 1 atom stereocenters. The molecule has 0 fully saturated rings. The number of rotatable bonds is 6. The summed E-state index contributed by atoms with van der Waals surface area (Å²) >= 11 is 1.68. The number of likely N-dealkylation sites (N-methyl/N-ethyl adjacent to an activating group) is 1. The Morgan fingerprint density at radius 2 is 2.00 bits per heavy atom. The number of nitrogens with one attached hydrogen (secondary N) is 1. The third kappa shape index (κ3) is 4.26. The quantitative estimate of drug-likeness (QED) is 0.738. The summed E-state index contributed by atoms with van der Waals surface area (Å²) in [6, 6.07) is 7.94. The zero-order valence-corrected chi connectivity index (χ0v) is 14.9. The highest BCUT2D eigenvalue weighted by Gasteiger charge is 2.17. The van der Waals surface area contributed by atoms with Crippen molar-refractivity contribution in [3.63, 3.8) is 0 Å². The van der Waals surface area contributed by atoms with Gasteiger partial charge >= 0.3 is 0 Å². The fraction of sp³-hybridized carbons (Fsp3) is 0.222. The van der Waals surface area contributed by atoms with Gasteiger partial charge in [0.15, 0.2) is 5.82 Å². The molecular formula is C18H19N5OS. The minimum Gasteiger partial charge on any atom is -0.350 e. The molecule has 0 aliphatic rings. The van der Waals surface area contributed by atoms with Crippen LogP contribution in [0, 0.1) is 0 Å². The van der Waals surface area contributed by atoms with Crippen molar-refractivity contribution in [3.8, 4) is 11.4 Å². The van der Waals surface area contributed by atoms with Crippen LogP contribution in [-0.4, -0.2) is 46.4 Å². The van der Waals surface area contributed by atoms with E-state index in [9.17, 15) is 4.79 Å². The SMILES string of the molecule is CN(C)[C@H](CNC(=O)c1cnc(-c2cccnc2)nc1)c1cccs1. The van der Waals surface area contributed by atoms with Crippen LogP contribution in [0.25, 0.3) is 11.4 Å². The van der Waals surface area contributed by atoms with Gasteiger partial charge in [-0.05, 0) is 37.7 Å². The van der Waals surface area contributed by atoms with Gasteiger partial charge in [0.1, 0.15) is 0 Å². The molecule has 1 N–H and O–H groups in total. The average molecular weight is 353 g/mol. The maximum atomic E-state index is 12.4. The number of carbonyl (C=O) groups is 1. The topological polar surface area (TPSA) is 71.0 Å². The number of thiophene rings is 1. The van der Waals surface area contributed by atoms with Gasteiger partial charge < -0.3 is 10.2 Å². The summed E-state index contributed by atoms with van der Waals surface area (Å²) in [5.74, 6) is 0.371. The Bertz CT molecular complexity index is 803. The lowest BCUT2D eigenvalue weighted by Crippen LogP contribution is -2.34. The molecular weight excluding hydrogens is 334 g/mol. The standard InChI is InChI=1S/C18H19N5OS/c1-23(2)15(16-6-4-8-25-16)12-22-18(24)14-10-20-17(21-11-14)13-5-3-7-19-9-13/h3-11,15H,12H2,1-2H3,(H,22,24)/t15-/m1/s1. The Labute approximate surface area is 150 Å². The van der Waals surface area contributed by atoms with Crippen molar-refractivity contribution >= 4 is 17.2 Å². The zero-order valence-electron chi connectivity index (χ0n) is 14.1. The van der Waals surface area contributed by atoms with Gasteiger partial charge in [-0.15, -0.1) is 11.3 Å². The normalized spacial score (nSPS) is 12.1. The molecule has 0 bridgehead atoms. The summed E-state index contributed by atoms with van der Waals surface area (Å²) < 4.78 is 0. The molecule has 0 saturated heterocycles. The van der Waals surface area contributed by atoms with Crippen molar-refractivity contribution in [3.05, 3.63) is 64.9 Å². The van der Waals surface area contributed by atoms with Crippen LogP contribution in [0.1, 0.15) is 21.3 Å². The van der Waals surface area contributed by atoms with Gasteiger partial charge in [-0.25, -0.2) is 9.97 Å². The van der Waals surface area contributed by atoms with E-state index in [0.29, 0.717) is 17.9 Å². The fourth-order valence-corrected chi connectivity index (χ4v) is 3.32. The first-order valence-corrected chi connectivity index (χ1v) is 8.73. The molecule has 3 heterocycles. The molecule has 3 aromatic heterocycles. The van der Waals surface area contributed by atoms with Crippen LogP contribution in [0.5, 0.6) is 0 Å². The third-order valence-electron chi connectivity index (χ3n) is 3.78. The smallest absolute Gasteiger partial charge is 0.254 e. The van der Waals surface area contributed by atoms with Gasteiger partial charge in [0.05, 0.1) is 11.6 Å². The highest BCUT2D eigenvalue weighted by atomic mass is 32.1. The van der Waals surface area contributed by atoms with E-state index in [1.54, 1.807) is 36.1 Å². The second kappa shape index (κ2) is 7.96. The van der Waals surface area contributed by atoms with E-state index in [2.05, 4.69) is 31.2 Å². The van der Waals surface area contributed by atoms with Crippen molar-refractivity contribution < 1.29 is 4.79 Å². The average Bonchev–Trinajstić information content (AvgIpc) is 3.16. The molecule has 1 amide bonds. The first-order valence-electron chi connectivity index (χ1n) is 7.85. The van der Waals surface area contributed by atoms with Crippen LogP contribution in [0.3, 0.4) is 0 Å². The molecule has 3 rings (SSSR count). The molecule has 0 spiro atoms. The van der Waals surface area contributed by atoms with E-state index in [1.807, 2.05) is 37.7 Å². The highest BCUT2D eigenvalue weighted by molar-refractivity contribution is 7.10. The van der Waals surface area contributed by atoms with Crippen molar-refractivity contribution in [2.45, 2.75) is 6.04 Å². The van der Waals surface area contributed by atoms with E-state index >= 15 is 0 Å². The molecule has 0 aromatic carbocycles. The van der Waals surface area contributed by atoms with Crippen LogP contribution in [0.4, 0.5) is 0 Å². The molecule has 0 radical (unpaired) electrons. The largest absolute Gasteiger partial charge is 0.350 e. The Morgan fingerprint density at radius 3 is 2.60 bits per heavy atom. The fourth-order valence-electron chi connectivity index (χ4n) is 2.40. The Morgan fingerprint density at radius 1 is 1.20 bits per heavy atom. The molecule has 7 heteroatoms. The van der Waals surface area contributed by atoms with Crippen molar-refractivity contribution in [1.29, 1.82) is 0 Å². The molecule has 3 aromatic rings. The molecule has 128 valence electrons.